The summed E-state index contributed by atoms with van der Waals surface area (Å²) in [6, 6.07) is 9.64. The Kier molecular flexibility index (Phi) is 4.49. The van der Waals surface area contributed by atoms with Gasteiger partial charge >= 0.3 is 0 Å². The van der Waals surface area contributed by atoms with Gasteiger partial charge < -0.3 is 14.7 Å². The molecule has 1 aromatic carbocycles. The summed E-state index contributed by atoms with van der Waals surface area (Å²) in [4.78, 5) is 26.9. The fraction of sp³-hybridized carbons (Fsp3) is 0.450. The molecule has 1 aliphatic carbocycles. The van der Waals surface area contributed by atoms with Gasteiger partial charge in [0.05, 0.1) is 0 Å². The Balaban J connectivity index is 1.41. The topological polar surface area (TPSA) is 75.4 Å². The number of carbonyl (C=O) groups excluding carboxylic acids is 2. The highest BCUT2D eigenvalue weighted by molar-refractivity contribution is 6.00. The van der Waals surface area contributed by atoms with Crippen LogP contribution in [0.25, 0.3) is 11.3 Å². The molecular weight excluding hydrogens is 330 g/mol. The van der Waals surface area contributed by atoms with E-state index in [1.165, 1.54) is 0 Å². The summed E-state index contributed by atoms with van der Waals surface area (Å²) in [6.45, 7) is 3.19. The van der Waals surface area contributed by atoms with Gasteiger partial charge in [-0.2, -0.15) is 0 Å². The molecule has 2 fully saturated rings. The number of aromatic nitrogens is 1. The Morgan fingerprint density at radius 1 is 1.12 bits per heavy atom. The van der Waals surface area contributed by atoms with Crippen molar-refractivity contribution in [1.29, 1.82) is 0 Å². The number of aryl methyl sites for hydroxylation is 1. The lowest BCUT2D eigenvalue weighted by atomic mass is 10.0. The van der Waals surface area contributed by atoms with Gasteiger partial charge in [-0.25, -0.2) is 0 Å². The standard InChI is InChI=1S/C20H23N3O3/c1-13-17(18(22-26-13)14-5-3-2-4-6-14)19(24)21-16-9-11-23(12-10-16)20(25)15-7-8-15/h2-6,15-16H,7-12H2,1H3,(H,21,24). The van der Waals surface area contributed by atoms with Gasteiger partial charge in [-0.3, -0.25) is 9.59 Å². The lowest BCUT2D eigenvalue weighted by Crippen LogP contribution is -2.47. The molecule has 4 rings (SSSR count). The molecule has 0 unspecified atom stereocenters. The highest BCUT2D eigenvalue weighted by Gasteiger charge is 2.35. The van der Waals surface area contributed by atoms with Crippen molar-refractivity contribution in [2.75, 3.05) is 13.1 Å². The van der Waals surface area contributed by atoms with Gasteiger partial charge in [0, 0.05) is 30.6 Å². The number of nitrogens with zero attached hydrogens (tertiary/aromatic N) is 2. The van der Waals surface area contributed by atoms with Crippen molar-refractivity contribution in [1.82, 2.24) is 15.4 Å². The second kappa shape index (κ2) is 6.94. The Hall–Kier alpha value is -2.63. The van der Waals surface area contributed by atoms with Crippen LogP contribution in [-0.4, -0.2) is 41.0 Å². The molecule has 1 aromatic heterocycles. The maximum atomic E-state index is 12.8. The quantitative estimate of drug-likeness (QED) is 0.917. The fourth-order valence-corrected chi connectivity index (χ4v) is 3.52. The van der Waals surface area contributed by atoms with E-state index in [0.29, 0.717) is 30.1 Å². The van der Waals surface area contributed by atoms with Gasteiger partial charge in [0.1, 0.15) is 17.0 Å². The summed E-state index contributed by atoms with van der Waals surface area (Å²) in [5, 5.41) is 7.17. The van der Waals surface area contributed by atoms with E-state index < -0.39 is 0 Å². The third-order valence-corrected chi connectivity index (χ3v) is 5.21. The number of likely N-dealkylation sites (tertiary alicyclic amines) is 1. The van der Waals surface area contributed by atoms with E-state index in [1.54, 1.807) is 6.92 Å². The smallest absolute Gasteiger partial charge is 0.257 e. The zero-order valence-electron chi connectivity index (χ0n) is 14.9. The minimum atomic E-state index is -0.158. The third-order valence-electron chi connectivity index (χ3n) is 5.21. The average Bonchev–Trinajstić information content (AvgIpc) is 3.44. The molecule has 1 N–H and O–H groups in total. The van der Waals surface area contributed by atoms with Crippen LogP contribution < -0.4 is 5.32 Å². The molecule has 2 aromatic rings. The van der Waals surface area contributed by atoms with Gasteiger partial charge in [0.15, 0.2) is 0 Å². The number of hydrogen-bond donors (Lipinski definition) is 1. The lowest BCUT2D eigenvalue weighted by Gasteiger charge is -2.32. The summed E-state index contributed by atoms with van der Waals surface area (Å²) in [7, 11) is 0. The predicted octanol–water partition coefficient (Wildman–Crippen LogP) is 2.78. The molecule has 1 saturated carbocycles. The van der Waals surface area contributed by atoms with E-state index in [9.17, 15) is 9.59 Å². The zero-order chi connectivity index (χ0) is 18.1. The van der Waals surface area contributed by atoms with Crippen LogP contribution in [0.5, 0.6) is 0 Å². The Bertz CT molecular complexity index is 803. The van der Waals surface area contributed by atoms with Crippen molar-refractivity contribution < 1.29 is 14.1 Å². The summed E-state index contributed by atoms with van der Waals surface area (Å²) in [6.07, 6.45) is 3.64. The van der Waals surface area contributed by atoms with Gasteiger partial charge in [0.2, 0.25) is 5.91 Å². The third kappa shape index (κ3) is 3.36. The summed E-state index contributed by atoms with van der Waals surface area (Å²) in [5.74, 6) is 0.905. The first-order chi connectivity index (χ1) is 12.6. The molecule has 2 heterocycles. The molecule has 6 nitrogen and oxygen atoms in total. The van der Waals surface area contributed by atoms with Crippen LogP contribution in [0.2, 0.25) is 0 Å². The molecule has 2 amide bonds. The summed E-state index contributed by atoms with van der Waals surface area (Å²) < 4.78 is 5.28. The number of rotatable bonds is 4. The first-order valence-corrected chi connectivity index (χ1v) is 9.25. The van der Waals surface area contributed by atoms with Crippen LogP contribution in [0.1, 0.15) is 41.8 Å². The SMILES string of the molecule is Cc1onc(-c2ccccc2)c1C(=O)NC1CCN(C(=O)C2CC2)CC1. The summed E-state index contributed by atoms with van der Waals surface area (Å²) in [5.41, 5.74) is 1.92. The van der Waals surface area contributed by atoms with Crippen molar-refractivity contribution in [2.45, 2.75) is 38.6 Å². The molecule has 0 atom stereocenters. The van der Waals surface area contributed by atoms with E-state index in [0.717, 1.165) is 31.2 Å². The Morgan fingerprint density at radius 3 is 2.46 bits per heavy atom. The molecule has 26 heavy (non-hydrogen) atoms. The van der Waals surface area contributed by atoms with Crippen LogP contribution in [0.3, 0.4) is 0 Å². The monoisotopic (exact) mass is 353 g/mol. The molecule has 0 radical (unpaired) electrons. The van der Waals surface area contributed by atoms with Crippen molar-refractivity contribution in [2.24, 2.45) is 5.92 Å². The second-order valence-corrected chi connectivity index (χ2v) is 7.18. The van der Waals surface area contributed by atoms with Gasteiger partial charge in [0.25, 0.3) is 5.91 Å². The average molecular weight is 353 g/mol. The van der Waals surface area contributed by atoms with Crippen LogP contribution >= 0.6 is 0 Å². The van der Waals surface area contributed by atoms with Crippen LogP contribution in [0.15, 0.2) is 34.9 Å². The highest BCUT2D eigenvalue weighted by atomic mass is 16.5. The number of amides is 2. The zero-order valence-corrected chi connectivity index (χ0v) is 14.9. The van der Waals surface area contributed by atoms with Crippen molar-refractivity contribution >= 4 is 11.8 Å². The predicted molar refractivity (Wildman–Crippen MR) is 96.5 cm³/mol. The fourth-order valence-electron chi connectivity index (χ4n) is 3.52. The van der Waals surface area contributed by atoms with Crippen LogP contribution in [-0.2, 0) is 4.79 Å². The maximum Gasteiger partial charge on any atom is 0.257 e. The number of piperidine rings is 1. The lowest BCUT2D eigenvalue weighted by molar-refractivity contribution is -0.133. The molecule has 136 valence electrons. The second-order valence-electron chi connectivity index (χ2n) is 7.18. The van der Waals surface area contributed by atoms with Gasteiger partial charge in [-0.1, -0.05) is 35.5 Å². The number of hydrogen-bond acceptors (Lipinski definition) is 4. The molecule has 2 aliphatic rings. The minimum Gasteiger partial charge on any atom is -0.360 e. The minimum absolute atomic E-state index is 0.0728. The van der Waals surface area contributed by atoms with Crippen molar-refractivity contribution in [3.05, 3.63) is 41.7 Å². The van der Waals surface area contributed by atoms with Crippen LogP contribution in [0.4, 0.5) is 0 Å². The molecule has 1 saturated heterocycles. The number of benzene rings is 1. The van der Waals surface area contributed by atoms with Crippen molar-refractivity contribution in [3.63, 3.8) is 0 Å². The number of nitrogens with one attached hydrogen (secondary N) is 1. The Morgan fingerprint density at radius 2 is 1.81 bits per heavy atom. The molecule has 6 heteroatoms. The maximum absolute atomic E-state index is 12.8. The first kappa shape index (κ1) is 16.8. The molecule has 1 aliphatic heterocycles. The largest absolute Gasteiger partial charge is 0.360 e. The van der Waals surface area contributed by atoms with Gasteiger partial charge in [-0.05, 0) is 32.6 Å². The van der Waals surface area contributed by atoms with Gasteiger partial charge in [-0.15, -0.1) is 0 Å². The summed E-state index contributed by atoms with van der Waals surface area (Å²) >= 11 is 0. The Labute approximate surface area is 152 Å². The van der Waals surface area contributed by atoms with E-state index in [-0.39, 0.29) is 23.8 Å². The highest BCUT2D eigenvalue weighted by Crippen LogP contribution is 2.32. The molecule has 0 bridgehead atoms. The molecule has 0 spiro atoms. The first-order valence-electron chi connectivity index (χ1n) is 9.25. The normalized spacial score (nSPS) is 18.0. The van der Waals surface area contributed by atoms with E-state index in [4.69, 9.17) is 4.52 Å². The van der Waals surface area contributed by atoms with E-state index >= 15 is 0 Å². The molecular formula is C20H23N3O3. The van der Waals surface area contributed by atoms with E-state index in [2.05, 4.69) is 10.5 Å². The van der Waals surface area contributed by atoms with Crippen molar-refractivity contribution in [3.8, 4) is 11.3 Å². The number of carbonyl (C=O) groups is 2. The van der Waals surface area contributed by atoms with Crippen LogP contribution in [0, 0.1) is 12.8 Å². The van der Waals surface area contributed by atoms with E-state index in [1.807, 2.05) is 35.2 Å².